The smallest absolute Gasteiger partial charge is 0.0799 e. The van der Waals surface area contributed by atoms with Crippen molar-refractivity contribution in [1.82, 2.24) is 9.97 Å². The van der Waals surface area contributed by atoms with Gasteiger partial charge in [-0.05, 0) is 40.0 Å². The van der Waals surface area contributed by atoms with E-state index in [4.69, 9.17) is 4.98 Å². The minimum absolute atomic E-state index is 0. The number of hydrogen-bond acceptors (Lipinski definition) is 2. The number of benzene rings is 3. The molecule has 5 rings (SSSR count). The summed E-state index contributed by atoms with van der Waals surface area (Å²) in [6.45, 7) is 16.0. The van der Waals surface area contributed by atoms with Crippen LogP contribution in [0.1, 0.15) is 54.9 Å². The van der Waals surface area contributed by atoms with Gasteiger partial charge in [-0.1, -0.05) is 101 Å². The second kappa shape index (κ2) is 14.6. The summed E-state index contributed by atoms with van der Waals surface area (Å²) < 4.78 is 0. The molecule has 4 heteroatoms. The first-order chi connectivity index (χ1) is 19.1. The van der Waals surface area contributed by atoms with E-state index < -0.39 is 8.07 Å². The van der Waals surface area contributed by atoms with Crippen LogP contribution in [0, 0.1) is 19.1 Å². The van der Waals surface area contributed by atoms with Crippen molar-refractivity contribution in [2.75, 3.05) is 0 Å². The van der Waals surface area contributed by atoms with Crippen molar-refractivity contribution in [3.05, 3.63) is 138 Å². The van der Waals surface area contributed by atoms with Crippen molar-refractivity contribution in [2.45, 2.75) is 59.2 Å². The predicted octanol–water partition coefficient (Wildman–Crippen LogP) is 9.22. The molecule has 3 aromatic carbocycles. The fraction of sp³-hybridized carbons (Fsp3) is 0.243. The fourth-order valence-corrected chi connectivity index (χ4v) is 6.38. The molecule has 41 heavy (non-hydrogen) atoms. The number of aromatic nitrogens is 2. The van der Waals surface area contributed by atoms with Crippen LogP contribution in [0.15, 0.2) is 103 Å². The third-order valence-corrected chi connectivity index (χ3v) is 9.22. The summed E-state index contributed by atoms with van der Waals surface area (Å²) in [6.07, 6.45) is 3.91. The van der Waals surface area contributed by atoms with Crippen molar-refractivity contribution < 1.29 is 20.1 Å². The van der Waals surface area contributed by atoms with Crippen molar-refractivity contribution in [3.8, 4) is 22.5 Å². The van der Waals surface area contributed by atoms with Gasteiger partial charge in [-0.2, -0.15) is 0 Å². The van der Waals surface area contributed by atoms with Crippen LogP contribution < -0.4 is 5.19 Å². The Bertz CT molecular complexity index is 1490. The van der Waals surface area contributed by atoms with Gasteiger partial charge in [0, 0.05) is 32.5 Å². The van der Waals surface area contributed by atoms with Crippen molar-refractivity contribution in [1.29, 1.82) is 0 Å². The molecule has 0 spiro atoms. The SMILES string of the molecule is CC(c1c[c-]c(-c2ccccn2)cc1)c1ccccc1.Cc1c[c-]c(-c2cc(C(C)C)c([Si](C)(C)C)cn2)cc1.[Ir]. The molecule has 213 valence electrons. The van der Waals surface area contributed by atoms with Crippen LogP contribution in [-0.4, -0.2) is 18.0 Å². The maximum atomic E-state index is 4.69. The topological polar surface area (TPSA) is 25.8 Å². The average Bonchev–Trinajstić information content (AvgIpc) is 2.98. The summed E-state index contributed by atoms with van der Waals surface area (Å²) in [5, 5.41) is 1.48. The number of rotatable bonds is 6. The van der Waals surface area contributed by atoms with E-state index in [1.54, 1.807) is 0 Å². The molecule has 2 heterocycles. The van der Waals surface area contributed by atoms with E-state index in [-0.39, 0.29) is 20.1 Å². The van der Waals surface area contributed by atoms with E-state index >= 15 is 0 Å². The summed E-state index contributed by atoms with van der Waals surface area (Å²) in [5.41, 5.74) is 9.40. The van der Waals surface area contributed by atoms with E-state index in [0.29, 0.717) is 11.8 Å². The van der Waals surface area contributed by atoms with E-state index in [0.717, 1.165) is 22.5 Å². The monoisotopic (exact) mass is 733 g/mol. The number of aryl methyl sites for hydroxylation is 1. The van der Waals surface area contributed by atoms with Crippen LogP contribution >= 0.6 is 0 Å². The molecule has 2 aromatic heterocycles. The average molecular weight is 733 g/mol. The van der Waals surface area contributed by atoms with Crippen LogP contribution in [0.2, 0.25) is 19.6 Å². The fourth-order valence-electron chi connectivity index (χ4n) is 4.71. The first-order valence-electron chi connectivity index (χ1n) is 14.1. The second-order valence-electron chi connectivity index (χ2n) is 11.7. The molecule has 0 saturated carbocycles. The number of nitrogens with zero attached hydrogens (tertiary/aromatic N) is 2. The van der Waals surface area contributed by atoms with Gasteiger partial charge in [0.05, 0.1) is 8.07 Å². The molecule has 0 aliphatic heterocycles. The Morgan fingerprint density at radius 2 is 1.34 bits per heavy atom. The predicted molar refractivity (Wildman–Crippen MR) is 173 cm³/mol. The first kappa shape index (κ1) is 32.3. The molecule has 5 aromatic rings. The molecular formula is C37H40IrN2Si-2. The summed E-state index contributed by atoms with van der Waals surface area (Å²) in [7, 11) is -1.35. The molecule has 0 N–H and O–H groups in total. The Kier molecular flexibility index (Phi) is 11.5. The van der Waals surface area contributed by atoms with Gasteiger partial charge in [-0.25, -0.2) is 0 Å². The summed E-state index contributed by atoms with van der Waals surface area (Å²) >= 11 is 0. The largest absolute Gasteiger partial charge is 0.305 e. The van der Waals surface area contributed by atoms with E-state index in [1.165, 1.54) is 27.4 Å². The van der Waals surface area contributed by atoms with Gasteiger partial charge >= 0.3 is 0 Å². The maximum absolute atomic E-state index is 4.69. The molecule has 1 unspecified atom stereocenters. The van der Waals surface area contributed by atoms with Crippen LogP contribution in [0.25, 0.3) is 22.5 Å². The zero-order valence-electron chi connectivity index (χ0n) is 25.2. The van der Waals surface area contributed by atoms with E-state index in [9.17, 15) is 0 Å². The molecule has 0 saturated heterocycles. The third-order valence-electron chi connectivity index (χ3n) is 7.19. The molecule has 2 nitrogen and oxygen atoms in total. The van der Waals surface area contributed by atoms with Crippen molar-refractivity contribution in [2.24, 2.45) is 0 Å². The standard InChI is InChI=1S/C19H16N.C18H24NSi.Ir/c1-15(16-7-3-2-4-8-16)17-10-12-18(13-11-17)19-9-5-6-14-20-19;1-13(2)16-11-17(15-9-7-14(3)8-10-15)19-12-18(16)20(4,5)6;/h2-12,14-15H,1H3;7-9,11-13H,1-6H3;/q2*-1;. The quantitative estimate of drug-likeness (QED) is 0.129. The van der Waals surface area contributed by atoms with Crippen molar-refractivity contribution >= 4 is 13.3 Å². The molecule has 0 aliphatic rings. The van der Waals surface area contributed by atoms with Crippen LogP contribution in [0.4, 0.5) is 0 Å². The van der Waals surface area contributed by atoms with Gasteiger partial charge in [0.1, 0.15) is 0 Å². The molecule has 0 fully saturated rings. The van der Waals surface area contributed by atoms with Crippen LogP contribution in [0.5, 0.6) is 0 Å². The Labute approximate surface area is 261 Å². The minimum Gasteiger partial charge on any atom is -0.305 e. The normalized spacial score (nSPS) is 11.7. The Balaban J connectivity index is 0.000000220. The second-order valence-corrected chi connectivity index (χ2v) is 16.8. The van der Waals surface area contributed by atoms with E-state index in [2.05, 4.69) is 131 Å². The number of pyridine rings is 2. The molecular weight excluding hydrogens is 693 g/mol. The molecule has 0 bridgehead atoms. The van der Waals surface area contributed by atoms with Crippen LogP contribution in [0.3, 0.4) is 0 Å². The zero-order valence-corrected chi connectivity index (χ0v) is 28.6. The Morgan fingerprint density at radius 3 is 1.90 bits per heavy atom. The van der Waals surface area contributed by atoms with Crippen LogP contribution in [-0.2, 0) is 20.1 Å². The van der Waals surface area contributed by atoms with Gasteiger partial charge in [-0.15, -0.1) is 70.8 Å². The van der Waals surface area contributed by atoms with Gasteiger partial charge in [0.15, 0.2) is 0 Å². The third kappa shape index (κ3) is 8.66. The summed E-state index contributed by atoms with van der Waals surface area (Å²) in [6, 6.07) is 38.0. The molecule has 1 radical (unpaired) electrons. The van der Waals surface area contributed by atoms with Gasteiger partial charge in [0.2, 0.25) is 0 Å². The van der Waals surface area contributed by atoms with Gasteiger partial charge < -0.3 is 9.97 Å². The van der Waals surface area contributed by atoms with Gasteiger partial charge in [-0.3, -0.25) is 0 Å². The summed E-state index contributed by atoms with van der Waals surface area (Å²) in [4.78, 5) is 9.04. The molecule has 0 aliphatic carbocycles. The Morgan fingerprint density at radius 1 is 0.683 bits per heavy atom. The Hall–Kier alpha value is -3.17. The zero-order chi connectivity index (χ0) is 28.7. The molecule has 1 atom stereocenters. The van der Waals surface area contributed by atoms with Crippen molar-refractivity contribution in [3.63, 3.8) is 0 Å². The summed E-state index contributed by atoms with van der Waals surface area (Å²) in [5.74, 6) is 0.911. The minimum atomic E-state index is -1.35. The van der Waals surface area contributed by atoms with Gasteiger partial charge in [0.25, 0.3) is 0 Å². The maximum Gasteiger partial charge on any atom is 0.0799 e. The first-order valence-corrected chi connectivity index (χ1v) is 17.6. The molecule has 0 amide bonds. The van der Waals surface area contributed by atoms with E-state index in [1.807, 2.05) is 36.5 Å². The number of hydrogen-bond donors (Lipinski definition) is 0.